The normalized spacial score (nSPS) is 10.4. The first-order valence-electron chi connectivity index (χ1n) is 12.3. The number of benzene rings is 2. The van der Waals surface area contributed by atoms with Gasteiger partial charge in [-0.25, -0.2) is 4.57 Å². The fourth-order valence-electron chi connectivity index (χ4n) is 2.68. The van der Waals surface area contributed by atoms with Gasteiger partial charge in [0, 0.05) is 18.3 Å². The van der Waals surface area contributed by atoms with Crippen molar-refractivity contribution in [2.24, 2.45) is 0 Å². The van der Waals surface area contributed by atoms with Gasteiger partial charge < -0.3 is 22.2 Å². The lowest BCUT2D eigenvalue weighted by Crippen LogP contribution is -3.00. The maximum Gasteiger partial charge on any atom is 0.325 e. The second kappa shape index (κ2) is 30.6. The SMILES string of the molecule is C.C.C.C.CCC(C)c1ccccc1.CCC(C)c1ccccc1.CCP(=O)(O)O.CC[n+]1ccccc1.[Cl-]. The summed E-state index contributed by atoms with van der Waals surface area (Å²) in [5.41, 5.74) is 2.90. The largest absolute Gasteiger partial charge is 1.00 e. The lowest BCUT2D eigenvalue weighted by molar-refractivity contribution is -0.693. The average Bonchev–Trinajstić information content (AvgIpc) is 2.90. The number of rotatable bonds is 6. The van der Waals surface area contributed by atoms with Crippen LogP contribution < -0.4 is 17.0 Å². The molecular weight excluding hydrogens is 525 g/mol. The Labute approximate surface area is 249 Å². The minimum Gasteiger partial charge on any atom is -1.00 e. The minimum absolute atomic E-state index is 0. The summed E-state index contributed by atoms with van der Waals surface area (Å²) in [5, 5.41) is 0. The second-order valence-electron chi connectivity index (χ2n) is 8.13. The molecule has 0 aliphatic heterocycles. The molecule has 0 saturated carbocycles. The van der Waals surface area contributed by atoms with E-state index in [1.165, 1.54) is 30.9 Å². The van der Waals surface area contributed by atoms with Crippen molar-refractivity contribution in [3.63, 3.8) is 0 Å². The number of hydrogen-bond acceptors (Lipinski definition) is 1. The first-order chi connectivity index (χ1) is 16.2. The van der Waals surface area contributed by atoms with E-state index in [1.807, 2.05) is 18.2 Å². The summed E-state index contributed by atoms with van der Waals surface area (Å²) in [6.45, 7) is 13.6. The summed E-state index contributed by atoms with van der Waals surface area (Å²) >= 11 is 0. The summed E-state index contributed by atoms with van der Waals surface area (Å²) in [6, 6.07) is 27.4. The van der Waals surface area contributed by atoms with Crippen molar-refractivity contribution in [1.82, 2.24) is 0 Å². The van der Waals surface area contributed by atoms with Crippen LogP contribution in [0.25, 0.3) is 0 Å². The predicted octanol–water partition coefficient (Wildman–Crippen LogP) is 7.13. The highest BCUT2D eigenvalue weighted by Gasteiger charge is 2.05. The third-order valence-corrected chi connectivity index (χ3v) is 6.34. The summed E-state index contributed by atoms with van der Waals surface area (Å²) < 4.78 is 11.8. The number of aryl methyl sites for hydroxylation is 1. The van der Waals surface area contributed by atoms with Crippen LogP contribution >= 0.6 is 7.60 Å². The maximum absolute atomic E-state index is 9.69. The maximum atomic E-state index is 9.69. The number of hydrogen-bond donors (Lipinski definition) is 2. The first kappa shape index (κ1) is 49.9. The second-order valence-corrected chi connectivity index (χ2v) is 10.1. The van der Waals surface area contributed by atoms with E-state index in [2.05, 4.69) is 112 Å². The van der Waals surface area contributed by atoms with Crippen molar-refractivity contribution in [3.8, 4) is 0 Å². The highest BCUT2D eigenvalue weighted by Crippen LogP contribution is 2.32. The lowest BCUT2D eigenvalue weighted by atomic mass is 9.99. The highest BCUT2D eigenvalue weighted by molar-refractivity contribution is 7.51. The summed E-state index contributed by atoms with van der Waals surface area (Å²) in [5.74, 6) is 1.42. The van der Waals surface area contributed by atoms with E-state index in [4.69, 9.17) is 9.79 Å². The van der Waals surface area contributed by atoms with Gasteiger partial charge in [-0.3, -0.25) is 4.57 Å². The molecule has 1 aromatic heterocycles. The third kappa shape index (κ3) is 27.4. The van der Waals surface area contributed by atoms with E-state index in [-0.39, 0.29) is 48.3 Å². The van der Waals surface area contributed by atoms with Crippen LogP contribution in [-0.4, -0.2) is 15.9 Å². The first-order valence-corrected chi connectivity index (χ1v) is 14.1. The Morgan fingerprint density at radius 1 is 0.641 bits per heavy atom. The van der Waals surface area contributed by atoms with Gasteiger partial charge in [-0.2, -0.15) is 0 Å². The van der Waals surface area contributed by atoms with Crippen molar-refractivity contribution in [2.75, 3.05) is 6.16 Å². The van der Waals surface area contributed by atoms with Gasteiger partial charge in [-0.15, -0.1) is 0 Å². The van der Waals surface area contributed by atoms with Crippen molar-refractivity contribution in [1.29, 1.82) is 0 Å². The zero-order chi connectivity index (χ0) is 25.8. The Kier molecular flexibility index (Phi) is 39.1. The number of halogens is 1. The molecule has 3 rings (SSSR count). The molecule has 0 aliphatic rings. The van der Waals surface area contributed by atoms with Crippen LogP contribution in [0.5, 0.6) is 0 Å². The van der Waals surface area contributed by atoms with Gasteiger partial charge in [-0.1, -0.05) is 131 Å². The van der Waals surface area contributed by atoms with Crippen LogP contribution in [0.1, 0.15) is 107 Å². The van der Waals surface area contributed by atoms with Gasteiger partial charge in [0.2, 0.25) is 0 Å². The predicted molar refractivity (Wildman–Crippen MR) is 172 cm³/mol. The van der Waals surface area contributed by atoms with Gasteiger partial charge in [-0.05, 0) is 42.7 Å². The van der Waals surface area contributed by atoms with Crippen LogP contribution in [0.2, 0.25) is 0 Å². The van der Waals surface area contributed by atoms with E-state index in [0.29, 0.717) is 11.8 Å². The molecule has 228 valence electrons. The molecule has 1 heterocycles. The van der Waals surface area contributed by atoms with E-state index < -0.39 is 7.60 Å². The Hall–Kier alpha value is -1.97. The molecule has 2 atom stereocenters. The lowest BCUT2D eigenvalue weighted by Gasteiger charge is -2.06. The van der Waals surface area contributed by atoms with Gasteiger partial charge in [0.1, 0.15) is 6.54 Å². The average molecular weight is 586 g/mol. The zero-order valence-electron chi connectivity index (χ0n) is 22.2. The quantitative estimate of drug-likeness (QED) is 0.239. The van der Waals surface area contributed by atoms with E-state index in [9.17, 15) is 4.57 Å². The molecule has 0 radical (unpaired) electrons. The summed E-state index contributed by atoms with van der Waals surface area (Å²) in [4.78, 5) is 15.9. The third-order valence-electron chi connectivity index (χ3n) is 5.52. The van der Waals surface area contributed by atoms with Crippen LogP contribution in [0.15, 0.2) is 91.3 Å². The molecule has 3 aromatic rings. The van der Waals surface area contributed by atoms with Gasteiger partial charge in [0.25, 0.3) is 0 Å². The Balaban J connectivity index is -0.0000000907. The highest BCUT2D eigenvalue weighted by atomic mass is 35.5. The van der Waals surface area contributed by atoms with E-state index in [0.717, 1.165) is 6.54 Å². The molecule has 0 saturated heterocycles. The van der Waals surface area contributed by atoms with Crippen molar-refractivity contribution < 1.29 is 31.3 Å². The van der Waals surface area contributed by atoms with Crippen LogP contribution in [0.3, 0.4) is 0 Å². The number of nitrogens with zero attached hydrogens (tertiary/aromatic N) is 1. The molecule has 39 heavy (non-hydrogen) atoms. The molecule has 6 heteroatoms. The number of pyridine rings is 1. The molecule has 0 aliphatic carbocycles. The number of aromatic nitrogens is 1. The standard InChI is InChI=1S/2C10H14.C7H10N.C2H7O3P.4CH4.ClH/c2*1-3-9(2)10-7-5-4-6-8-10;1-2-8-6-4-3-5-7-8;1-2-6(3,4)5;;;;;/h2*4-9H,3H2,1-2H3;3-7H,2H2,1H3;2H2,1H3,(H2,3,4,5);4*1H4;1H/q;;+1;;;;;;/p-1. The Bertz CT molecular complexity index is 845. The fourth-order valence-corrected chi connectivity index (χ4v) is 2.68. The minimum atomic E-state index is -3.65. The smallest absolute Gasteiger partial charge is 0.325 e. The molecular formula is C33H61ClNO3P. The van der Waals surface area contributed by atoms with Crippen LogP contribution in [-0.2, 0) is 11.1 Å². The van der Waals surface area contributed by atoms with Crippen molar-refractivity contribution in [2.45, 2.75) is 102 Å². The molecule has 2 unspecified atom stereocenters. The van der Waals surface area contributed by atoms with Crippen molar-refractivity contribution >= 4 is 7.60 Å². The molecule has 0 amide bonds. The summed E-state index contributed by atoms with van der Waals surface area (Å²) in [7, 11) is -3.65. The van der Waals surface area contributed by atoms with E-state index in [1.54, 1.807) is 0 Å². The monoisotopic (exact) mass is 585 g/mol. The topological polar surface area (TPSA) is 61.4 Å². The molecule has 4 nitrogen and oxygen atoms in total. The van der Waals surface area contributed by atoms with E-state index >= 15 is 0 Å². The van der Waals surface area contributed by atoms with Crippen LogP contribution in [0, 0.1) is 0 Å². The van der Waals surface area contributed by atoms with Gasteiger partial charge in [0.05, 0.1) is 0 Å². The molecule has 0 spiro atoms. The summed E-state index contributed by atoms with van der Waals surface area (Å²) in [6.07, 6.45) is 6.50. The Morgan fingerprint density at radius 2 is 0.923 bits per heavy atom. The molecule has 0 fully saturated rings. The van der Waals surface area contributed by atoms with Crippen LogP contribution in [0.4, 0.5) is 0 Å². The fraction of sp³-hybridized carbons (Fsp3) is 0.485. The molecule has 0 bridgehead atoms. The van der Waals surface area contributed by atoms with Gasteiger partial charge in [0.15, 0.2) is 12.4 Å². The zero-order valence-corrected chi connectivity index (χ0v) is 23.9. The Morgan fingerprint density at radius 3 is 1.13 bits per heavy atom. The molecule has 2 aromatic carbocycles. The van der Waals surface area contributed by atoms with Crippen molar-refractivity contribution in [3.05, 3.63) is 102 Å². The molecule has 2 N–H and O–H groups in total. The van der Waals surface area contributed by atoms with Gasteiger partial charge >= 0.3 is 7.60 Å².